The van der Waals surface area contributed by atoms with Crippen LogP contribution in [0.5, 0.6) is 0 Å². The van der Waals surface area contributed by atoms with Crippen LogP contribution >= 0.6 is 15.9 Å². The number of carbonyl (C=O) groups is 1. The number of carbonyl (C=O) groups excluding carboxylic acids is 1. The van der Waals surface area contributed by atoms with Crippen LogP contribution in [0.15, 0.2) is 28.9 Å². The molecule has 21 heavy (non-hydrogen) atoms. The maximum atomic E-state index is 13.2. The van der Waals surface area contributed by atoms with Crippen LogP contribution in [-0.4, -0.2) is 16.3 Å². The van der Waals surface area contributed by atoms with Crippen LogP contribution < -0.4 is 5.73 Å². The number of nitrogens with two attached hydrogens (primary N) is 1. The molecule has 2 N–H and O–H groups in total. The molecule has 0 fully saturated rings. The van der Waals surface area contributed by atoms with Crippen LogP contribution in [-0.2, 0) is 11.2 Å². The Bertz CT molecular complexity index is 707. The van der Waals surface area contributed by atoms with Crippen LogP contribution in [0.25, 0.3) is 0 Å². The predicted molar refractivity (Wildman–Crippen MR) is 80.4 cm³/mol. The zero-order valence-corrected chi connectivity index (χ0v) is 12.7. The Morgan fingerprint density at radius 1 is 1.38 bits per heavy atom. The summed E-state index contributed by atoms with van der Waals surface area (Å²) >= 11 is 3.39. The van der Waals surface area contributed by atoms with Crippen molar-refractivity contribution in [2.24, 2.45) is 0 Å². The van der Waals surface area contributed by atoms with Crippen molar-refractivity contribution in [3.8, 4) is 0 Å². The molecule has 1 heterocycles. The standard InChI is InChI=1S/C15H13BrFN3O/c16-13-5-10(17)1-2-11(13)8-3-9(7-21)12-6-19-15(18)20-14(12)4-8/h1-2,5-9H,3-4H2,(H2,18,19,20). The minimum Gasteiger partial charge on any atom is -0.368 e. The molecule has 0 bridgehead atoms. The van der Waals surface area contributed by atoms with Gasteiger partial charge in [-0.15, -0.1) is 0 Å². The maximum Gasteiger partial charge on any atom is 0.220 e. The van der Waals surface area contributed by atoms with Gasteiger partial charge in [0.05, 0.1) is 5.69 Å². The first-order valence-electron chi connectivity index (χ1n) is 6.60. The lowest BCUT2D eigenvalue weighted by atomic mass is 9.77. The number of hydrogen-bond donors (Lipinski definition) is 1. The van der Waals surface area contributed by atoms with Gasteiger partial charge in [0.2, 0.25) is 5.95 Å². The number of anilines is 1. The first-order valence-corrected chi connectivity index (χ1v) is 7.39. The van der Waals surface area contributed by atoms with Crippen molar-refractivity contribution in [2.45, 2.75) is 24.7 Å². The lowest BCUT2D eigenvalue weighted by Gasteiger charge is -2.28. The second-order valence-electron chi connectivity index (χ2n) is 5.18. The number of aromatic nitrogens is 2. The van der Waals surface area contributed by atoms with Gasteiger partial charge in [-0.25, -0.2) is 14.4 Å². The van der Waals surface area contributed by atoms with Gasteiger partial charge in [0.1, 0.15) is 12.1 Å². The minimum atomic E-state index is -0.291. The normalized spacial score (nSPS) is 20.9. The fraction of sp³-hybridized carbons (Fsp3) is 0.267. The molecule has 1 aromatic heterocycles. The van der Waals surface area contributed by atoms with Crippen molar-refractivity contribution in [1.82, 2.24) is 9.97 Å². The van der Waals surface area contributed by atoms with Gasteiger partial charge in [0.15, 0.2) is 0 Å². The maximum absolute atomic E-state index is 13.2. The van der Waals surface area contributed by atoms with E-state index in [-0.39, 0.29) is 23.6 Å². The van der Waals surface area contributed by atoms with E-state index in [4.69, 9.17) is 5.73 Å². The average Bonchev–Trinajstić information content (AvgIpc) is 2.45. The van der Waals surface area contributed by atoms with Crippen molar-refractivity contribution in [3.05, 3.63) is 51.5 Å². The summed E-state index contributed by atoms with van der Waals surface area (Å²) in [6.07, 6.45) is 3.87. The SMILES string of the molecule is Nc1ncc2c(n1)CC(c1ccc(F)cc1Br)CC2C=O. The topological polar surface area (TPSA) is 68.9 Å². The second kappa shape index (κ2) is 5.52. The number of benzene rings is 1. The summed E-state index contributed by atoms with van der Waals surface area (Å²) in [7, 11) is 0. The summed E-state index contributed by atoms with van der Waals surface area (Å²) in [6, 6.07) is 4.62. The summed E-state index contributed by atoms with van der Waals surface area (Å²) in [5, 5.41) is 0. The lowest BCUT2D eigenvalue weighted by molar-refractivity contribution is -0.109. The number of halogens is 2. The number of nitrogen functional groups attached to an aromatic ring is 1. The van der Waals surface area contributed by atoms with Crippen LogP contribution in [0.1, 0.15) is 35.1 Å². The number of nitrogens with zero attached hydrogens (tertiary/aromatic N) is 2. The highest BCUT2D eigenvalue weighted by atomic mass is 79.9. The number of fused-ring (bicyclic) bond motifs is 1. The summed E-state index contributed by atoms with van der Waals surface area (Å²) < 4.78 is 13.9. The first-order chi connectivity index (χ1) is 10.1. The number of hydrogen-bond acceptors (Lipinski definition) is 4. The van der Waals surface area contributed by atoms with E-state index >= 15 is 0 Å². The first kappa shape index (κ1) is 14.1. The average molecular weight is 350 g/mol. The highest BCUT2D eigenvalue weighted by Crippen LogP contribution is 2.40. The zero-order valence-electron chi connectivity index (χ0n) is 11.1. The van der Waals surface area contributed by atoms with Crippen molar-refractivity contribution in [2.75, 3.05) is 5.73 Å². The van der Waals surface area contributed by atoms with Crippen LogP contribution in [0.3, 0.4) is 0 Å². The molecule has 4 nitrogen and oxygen atoms in total. The fourth-order valence-corrected chi connectivity index (χ4v) is 3.54. The van der Waals surface area contributed by atoms with Gasteiger partial charge >= 0.3 is 0 Å². The summed E-state index contributed by atoms with van der Waals surface area (Å²) in [6.45, 7) is 0. The molecule has 0 aliphatic heterocycles. The predicted octanol–water partition coefficient (Wildman–Crippen LogP) is 2.97. The molecule has 2 aromatic rings. The molecule has 3 rings (SSSR count). The van der Waals surface area contributed by atoms with E-state index in [9.17, 15) is 9.18 Å². The Balaban J connectivity index is 2.01. The third-order valence-electron chi connectivity index (χ3n) is 3.86. The number of aldehydes is 1. The third kappa shape index (κ3) is 2.68. The van der Waals surface area contributed by atoms with Crippen LogP contribution in [0.4, 0.5) is 10.3 Å². The molecular weight excluding hydrogens is 337 g/mol. The van der Waals surface area contributed by atoms with E-state index in [1.54, 1.807) is 12.3 Å². The molecule has 2 atom stereocenters. The van der Waals surface area contributed by atoms with Crippen LogP contribution in [0.2, 0.25) is 0 Å². The second-order valence-corrected chi connectivity index (χ2v) is 6.03. The van der Waals surface area contributed by atoms with Gasteiger partial charge in [-0.05, 0) is 36.5 Å². The molecule has 108 valence electrons. The monoisotopic (exact) mass is 349 g/mol. The molecule has 1 aromatic carbocycles. The van der Waals surface area contributed by atoms with E-state index in [2.05, 4.69) is 25.9 Å². The van der Waals surface area contributed by atoms with Gasteiger partial charge in [-0.3, -0.25) is 0 Å². The lowest BCUT2D eigenvalue weighted by Crippen LogP contribution is -2.21. The Morgan fingerprint density at radius 2 is 2.19 bits per heavy atom. The van der Waals surface area contributed by atoms with E-state index < -0.39 is 0 Å². The summed E-state index contributed by atoms with van der Waals surface area (Å²) in [5.41, 5.74) is 8.25. The van der Waals surface area contributed by atoms with E-state index in [0.717, 1.165) is 23.1 Å². The smallest absolute Gasteiger partial charge is 0.220 e. The van der Waals surface area contributed by atoms with E-state index in [1.165, 1.54) is 12.1 Å². The fourth-order valence-electron chi connectivity index (χ4n) is 2.86. The highest BCUT2D eigenvalue weighted by Gasteiger charge is 2.30. The molecule has 2 unspecified atom stereocenters. The molecule has 6 heteroatoms. The Hall–Kier alpha value is -1.82. The van der Waals surface area contributed by atoms with Crippen molar-refractivity contribution in [3.63, 3.8) is 0 Å². The Morgan fingerprint density at radius 3 is 2.90 bits per heavy atom. The summed E-state index contributed by atoms with van der Waals surface area (Å²) in [5.74, 6) is -0.245. The van der Waals surface area contributed by atoms with Crippen molar-refractivity contribution in [1.29, 1.82) is 0 Å². The van der Waals surface area contributed by atoms with Crippen LogP contribution in [0, 0.1) is 5.82 Å². The molecule has 0 amide bonds. The zero-order chi connectivity index (χ0) is 15.0. The third-order valence-corrected chi connectivity index (χ3v) is 4.55. The van der Waals surface area contributed by atoms with Gasteiger partial charge in [-0.2, -0.15) is 0 Å². The molecule has 0 saturated heterocycles. The molecular formula is C15H13BrFN3O. The molecule has 0 saturated carbocycles. The van der Waals surface area contributed by atoms with Gasteiger partial charge in [-0.1, -0.05) is 22.0 Å². The van der Waals surface area contributed by atoms with Gasteiger partial charge in [0.25, 0.3) is 0 Å². The highest BCUT2D eigenvalue weighted by molar-refractivity contribution is 9.10. The van der Waals surface area contributed by atoms with Crippen molar-refractivity contribution < 1.29 is 9.18 Å². The molecule has 1 aliphatic rings. The van der Waals surface area contributed by atoms with E-state index in [1.807, 2.05) is 0 Å². The molecule has 1 aliphatic carbocycles. The minimum absolute atomic E-state index is 0.0944. The van der Waals surface area contributed by atoms with E-state index in [0.29, 0.717) is 17.3 Å². The van der Waals surface area contributed by atoms with Crippen molar-refractivity contribution >= 4 is 28.2 Å². The Labute approximate surface area is 129 Å². The summed E-state index contributed by atoms with van der Waals surface area (Å²) in [4.78, 5) is 19.6. The number of rotatable bonds is 2. The van der Waals surface area contributed by atoms with Gasteiger partial charge in [0, 0.05) is 22.2 Å². The quantitative estimate of drug-likeness (QED) is 0.846. The molecule has 0 spiro atoms. The largest absolute Gasteiger partial charge is 0.368 e. The van der Waals surface area contributed by atoms with Gasteiger partial charge < -0.3 is 10.5 Å². The molecule has 0 radical (unpaired) electrons. The Kier molecular flexibility index (Phi) is 3.71.